The lowest BCUT2D eigenvalue weighted by Gasteiger charge is -2.08. The third kappa shape index (κ3) is 3.83. The average molecular weight is 386 g/mol. The van der Waals surface area contributed by atoms with E-state index in [4.69, 9.17) is 4.74 Å². The normalized spacial score (nSPS) is 10.4. The fraction of sp³-hybridized carbons (Fsp3) is 0.111. The maximum Gasteiger partial charge on any atom is 0.413 e. The molecule has 0 atom stereocenters. The van der Waals surface area contributed by atoms with Crippen LogP contribution in [0, 0.1) is 6.92 Å². The van der Waals surface area contributed by atoms with Crippen LogP contribution in [0.5, 0.6) is 0 Å². The highest BCUT2D eigenvalue weighted by Gasteiger charge is 2.15. The molecule has 0 fully saturated rings. The van der Waals surface area contributed by atoms with Crippen LogP contribution in [-0.2, 0) is 11.3 Å². The molecule has 24 heavy (non-hydrogen) atoms. The maximum absolute atomic E-state index is 12.0. The summed E-state index contributed by atoms with van der Waals surface area (Å²) in [6.07, 6.45) is -0.540. The molecule has 0 aliphatic carbocycles. The molecular formula is C18H16BrN3O2. The molecule has 2 N–H and O–H groups in total. The van der Waals surface area contributed by atoms with Crippen LogP contribution in [0.15, 0.2) is 59.1 Å². The molecule has 0 spiro atoms. The maximum atomic E-state index is 12.0. The summed E-state index contributed by atoms with van der Waals surface area (Å²) >= 11 is 3.46. The van der Waals surface area contributed by atoms with E-state index in [1.54, 1.807) is 0 Å². The standard InChI is InChI=1S/C18H16BrN3O2/c1-12-16(14-8-5-9-15(19)10-14)17(22-21-12)20-18(23)24-11-13-6-3-2-4-7-13/h2-10H,11H2,1H3,(H2,20,21,22,23). The number of ether oxygens (including phenoxy) is 1. The number of aromatic amines is 1. The number of carbonyl (C=O) groups excluding carboxylic acids is 1. The molecule has 0 bridgehead atoms. The van der Waals surface area contributed by atoms with E-state index in [2.05, 4.69) is 31.4 Å². The fourth-order valence-corrected chi connectivity index (χ4v) is 2.77. The van der Waals surface area contributed by atoms with Gasteiger partial charge in [-0.15, -0.1) is 0 Å². The minimum Gasteiger partial charge on any atom is -0.444 e. The van der Waals surface area contributed by atoms with Crippen molar-refractivity contribution in [2.45, 2.75) is 13.5 Å². The lowest BCUT2D eigenvalue weighted by molar-refractivity contribution is 0.155. The van der Waals surface area contributed by atoms with Crippen molar-refractivity contribution < 1.29 is 9.53 Å². The van der Waals surface area contributed by atoms with Crippen LogP contribution in [0.3, 0.4) is 0 Å². The SMILES string of the molecule is Cc1[nH]nc(NC(=O)OCc2ccccc2)c1-c1cccc(Br)c1. The van der Waals surface area contributed by atoms with Gasteiger partial charge in [-0.2, -0.15) is 5.10 Å². The lowest BCUT2D eigenvalue weighted by Crippen LogP contribution is -2.14. The number of hydrogen-bond acceptors (Lipinski definition) is 3. The van der Waals surface area contributed by atoms with Gasteiger partial charge in [-0.1, -0.05) is 58.4 Å². The molecule has 0 saturated heterocycles. The number of nitrogens with zero attached hydrogens (tertiary/aromatic N) is 1. The van der Waals surface area contributed by atoms with Crippen LogP contribution >= 0.6 is 15.9 Å². The summed E-state index contributed by atoms with van der Waals surface area (Å²) in [4.78, 5) is 12.0. The second-order valence-corrected chi connectivity index (χ2v) is 6.18. The fourth-order valence-electron chi connectivity index (χ4n) is 2.37. The second kappa shape index (κ2) is 7.31. The van der Waals surface area contributed by atoms with Crippen molar-refractivity contribution in [3.63, 3.8) is 0 Å². The van der Waals surface area contributed by atoms with Crippen molar-refractivity contribution in [2.75, 3.05) is 5.32 Å². The number of rotatable bonds is 4. The first-order valence-electron chi connectivity index (χ1n) is 7.42. The average Bonchev–Trinajstić information content (AvgIpc) is 2.94. The predicted octanol–water partition coefficient (Wildman–Crippen LogP) is 4.90. The van der Waals surface area contributed by atoms with E-state index in [9.17, 15) is 4.79 Å². The van der Waals surface area contributed by atoms with Gasteiger partial charge in [-0.05, 0) is 30.2 Å². The zero-order valence-electron chi connectivity index (χ0n) is 13.0. The quantitative estimate of drug-likeness (QED) is 0.671. The molecule has 0 aliphatic rings. The number of benzene rings is 2. The molecule has 1 heterocycles. The van der Waals surface area contributed by atoms with E-state index in [0.717, 1.165) is 26.9 Å². The van der Waals surface area contributed by atoms with Crippen molar-refractivity contribution >= 4 is 27.8 Å². The minimum absolute atomic E-state index is 0.211. The number of nitrogens with one attached hydrogen (secondary N) is 2. The molecule has 3 rings (SSSR count). The molecule has 6 heteroatoms. The zero-order valence-corrected chi connectivity index (χ0v) is 14.6. The third-order valence-electron chi connectivity index (χ3n) is 3.49. The van der Waals surface area contributed by atoms with Crippen molar-refractivity contribution in [1.29, 1.82) is 0 Å². The van der Waals surface area contributed by atoms with Crippen LogP contribution in [-0.4, -0.2) is 16.3 Å². The Morgan fingerprint density at radius 2 is 2.00 bits per heavy atom. The van der Waals surface area contributed by atoms with Crippen molar-refractivity contribution in [1.82, 2.24) is 10.2 Å². The molecule has 1 aromatic heterocycles. The number of aryl methyl sites for hydroxylation is 1. The van der Waals surface area contributed by atoms with Crippen LogP contribution in [0.2, 0.25) is 0 Å². The van der Waals surface area contributed by atoms with E-state index >= 15 is 0 Å². The predicted molar refractivity (Wildman–Crippen MR) is 96.7 cm³/mol. The monoisotopic (exact) mass is 385 g/mol. The Kier molecular flexibility index (Phi) is 4.96. The summed E-state index contributed by atoms with van der Waals surface area (Å²) in [7, 11) is 0. The van der Waals surface area contributed by atoms with Crippen LogP contribution in [0.25, 0.3) is 11.1 Å². The number of aromatic nitrogens is 2. The van der Waals surface area contributed by atoms with Crippen molar-refractivity contribution in [2.24, 2.45) is 0 Å². The van der Waals surface area contributed by atoms with E-state index in [-0.39, 0.29) is 6.61 Å². The van der Waals surface area contributed by atoms with Gasteiger partial charge in [0.1, 0.15) is 6.61 Å². The Morgan fingerprint density at radius 1 is 1.21 bits per heavy atom. The largest absolute Gasteiger partial charge is 0.444 e. The van der Waals surface area contributed by atoms with E-state index in [1.807, 2.05) is 61.5 Å². The highest BCUT2D eigenvalue weighted by atomic mass is 79.9. The van der Waals surface area contributed by atoms with Crippen molar-refractivity contribution in [3.8, 4) is 11.1 Å². The van der Waals surface area contributed by atoms with Gasteiger partial charge >= 0.3 is 6.09 Å². The smallest absolute Gasteiger partial charge is 0.413 e. The van der Waals surface area contributed by atoms with Crippen LogP contribution < -0.4 is 5.32 Å². The summed E-state index contributed by atoms with van der Waals surface area (Å²) in [6.45, 7) is 2.12. The van der Waals surface area contributed by atoms with Crippen LogP contribution in [0.4, 0.5) is 10.6 Å². The zero-order chi connectivity index (χ0) is 16.9. The summed E-state index contributed by atoms with van der Waals surface area (Å²) in [5.74, 6) is 0.448. The van der Waals surface area contributed by atoms with Crippen molar-refractivity contribution in [3.05, 3.63) is 70.3 Å². The van der Waals surface area contributed by atoms with Gasteiger partial charge in [0.15, 0.2) is 5.82 Å². The number of halogens is 1. The summed E-state index contributed by atoms with van der Waals surface area (Å²) in [5.41, 5.74) is 3.59. The summed E-state index contributed by atoms with van der Waals surface area (Å²) in [6, 6.07) is 17.3. The Bertz CT molecular complexity index is 846. The number of H-pyrrole nitrogens is 1. The first kappa shape index (κ1) is 16.3. The van der Waals surface area contributed by atoms with Gasteiger partial charge in [0.2, 0.25) is 0 Å². The van der Waals surface area contributed by atoms with Gasteiger partial charge in [0, 0.05) is 15.7 Å². The Balaban J connectivity index is 1.73. The number of carbonyl (C=O) groups is 1. The molecule has 1 amide bonds. The molecule has 2 aromatic carbocycles. The van der Waals surface area contributed by atoms with Crippen LogP contribution in [0.1, 0.15) is 11.3 Å². The molecular weight excluding hydrogens is 370 g/mol. The van der Waals surface area contributed by atoms with Gasteiger partial charge in [0.25, 0.3) is 0 Å². The number of amides is 1. The second-order valence-electron chi connectivity index (χ2n) is 5.27. The van der Waals surface area contributed by atoms with Gasteiger partial charge in [0.05, 0.1) is 0 Å². The van der Waals surface area contributed by atoms with E-state index in [0.29, 0.717) is 5.82 Å². The molecule has 3 aromatic rings. The van der Waals surface area contributed by atoms with Gasteiger partial charge in [-0.3, -0.25) is 10.4 Å². The summed E-state index contributed by atoms with van der Waals surface area (Å²) < 4.78 is 6.20. The molecule has 0 saturated carbocycles. The number of anilines is 1. The molecule has 122 valence electrons. The Morgan fingerprint density at radius 3 is 2.75 bits per heavy atom. The minimum atomic E-state index is -0.540. The Hall–Kier alpha value is -2.60. The number of hydrogen-bond donors (Lipinski definition) is 2. The molecule has 5 nitrogen and oxygen atoms in total. The summed E-state index contributed by atoms with van der Waals surface area (Å²) in [5, 5.41) is 9.76. The first-order chi connectivity index (χ1) is 11.6. The highest BCUT2D eigenvalue weighted by Crippen LogP contribution is 2.31. The molecule has 0 aliphatic heterocycles. The van der Waals surface area contributed by atoms with Gasteiger partial charge in [-0.25, -0.2) is 4.79 Å². The lowest BCUT2D eigenvalue weighted by atomic mass is 10.1. The van der Waals surface area contributed by atoms with E-state index in [1.165, 1.54) is 0 Å². The Labute approximate surface area is 148 Å². The van der Waals surface area contributed by atoms with Gasteiger partial charge < -0.3 is 4.74 Å². The third-order valence-corrected chi connectivity index (χ3v) is 3.99. The molecule has 0 unspecified atom stereocenters. The highest BCUT2D eigenvalue weighted by molar-refractivity contribution is 9.10. The van der Waals surface area contributed by atoms with E-state index < -0.39 is 6.09 Å². The first-order valence-corrected chi connectivity index (χ1v) is 8.21. The topological polar surface area (TPSA) is 67.0 Å². The molecule has 0 radical (unpaired) electrons.